The van der Waals surface area contributed by atoms with Gasteiger partial charge >= 0.3 is 0 Å². The maximum absolute atomic E-state index is 11.5. The number of nitrogens with zero attached hydrogens (tertiary/aromatic N) is 2. The van der Waals surface area contributed by atoms with E-state index in [4.69, 9.17) is 5.73 Å². The van der Waals surface area contributed by atoms with Crippen molar-refractivity contribution in [2.75, 3.05) is 12.4 Å². The minimum atomic E-state index is -0.457. The van der Waals surface area contributed by atoms with Gasteiger partial charge in [0.05, 0.1) is 17.0 Å². The van der Waals surface area contributed by atoms with Gasteiger partial charge in [-0.1, -0.05) is 18.2 Å². The van der Waals surface area contributed by atoms with Crippen molar-refractivity contribution in [2.45, 2.75) is 0 Å². The Labute approximate surface area is 127 Å². The SMILES string of the molecule is CNc1cc(-c2cccc(-c3[nH]ccc3C(N)=O)c2)ncn1. The first-order valence-electron chi connectivity index (χ1n) is 6.77. The van der Waals surface area contributed by atoms with Crippen LogP contribution in [-0.4, -0.2) is 27.9 Å². The Bertz CT molecular complexity index is 825. The molecule has 2 heterocycles. The lowest BCUT2D eigenvalue weighted by atomic mass is 10.0. The zero-order chi connectivity index (χ0) is 15.5. The minimum absolute atomic E-state index is 0.457. The van der Waals surface area contributed by atoms with Crippen molar-refractivity contribution in [1.29, 1.82) is 0 Å². The number of nitrogens with one attached hydrogen (secondary N) is 2. The summed E-state index contributed by atoms with van der Waals surface area (Å²) in [6, 6.07) is 11.3. The lowest BCUT2D eigenvalue weighted by Crippen LogP contribution is -2.11. The first kappa shape index (κ1) is 13.8. The Morgan fingerprint density at radius 1 is 1.18 bits per heavy atom. The zero-order valence-corrected chi connectivity index (χ0v) is 12.0. The van der Waals surface area contributed by atoms with Gasteiger partial charge in [-0.3, -0.25) is 4.79 Å². The average molecular weight is 293 g/mol. The fourth-order valence-electron chi connectivity index (χ4n) is 2.30. The van der Waals surface area contributed by atoms with Crippen LogP contribution in [0.5, 0.6) is 0 Å². The molecule has 0 aliphatic carbocycles. The van der Waals surface area contributed by atoms with Gasteiger partial charge in [-0.05, 0) is 17.7 Å². The van der Waals surface area contributed by atoms with Crippen LogP contribution in [0.15, 0.2) is 48.9 Å². The molecule has 4 N–H and O–H groups in total. The summed E-state index contributed by atoms with van der Waals surface area (Å²) in [6.07, 6.45) is 3.21. The van der Waals surface area contributed by atoms with Crippen molar-refractivity contribution in [1.82, 2.24) is 15.0 Å². The number of H-pyrrole nitrogens is 1. The van der Waals surface area contributed by atoms with E-state index in [0.29, 0.717) is 11.3 Å². The van der Waals surface area contributed by atoms with Crippen LogP contribution in [0.4, 0.5) is 5.82 Å². The molecule has 6 nitrogen and oxygen atoms in total. The molecule has 0 saturated heterocycles. The van der Waals surface area contributed by atoms with E-state index in [1.165, 1.54) is 6.33 Å². The van der Waals surface area contributed by atoms with Gasteiger partial charge in [-0.15, -0.1) is 0 Å². The van der Waals surface area contributed by atoms with Crippen molar-refractivity contribution >= 4 is 11.7 Å². The molecule has 0 aliphatic heterocycles. The first-order chi connectivity index (χ1) is 10.7. The highest BCUT2D eigenvalue weighted by molar-refractivity contribution is 5.99. The van der Waals surface area contributed by atoms with Crippen LogP contribution in [0.3, 0.4) is 0 Å². The molecule has 0 fully saturated rings. The van der Waals surface area contributed by atoms with E-state index in [1.807, 2.05) is 30.3 Å². The highest BCUT2D eigenvalue weighted by atomic mass is 16.1. The quantitative estimate of drug-likeness (QED) is 0.687. The molecule has 0 atom stereocenters. The number of carbonyl (C=O) groups excluding carboxylic acids is 1. The van der Waals surface area contributed by atoms with E-state index in [-0.39, 0.29) is 0 Å². The van der Waals surface area contributed by atoms with Crippen molar-refractivity contribution in [3.05, 3.63) is 54.5 Å². The van der Waals surface area contributed by atoms with Gasteiger partial charge in [-0.2, -0.15) is 0 Å². The molecule has 0 saturated carbocycles. The normalized spacial score (nSPS) is 10.4. The number of carbonyl (C=O) groups is 1. The fourth-order valence-corrected chi connectivity index (χ4v) is 2.30. The summed E-state index contributed by atoms with van der Waals surface area (Å²) >= 11 is 0. The van der Waals surface area contributed by atoms with E-state index < -0.39 is 5.91 Å². The maximum atomic E-state index is 11.5. The van der Waals surface area contributed by atoms with E-state index in [0.717, 1.165) is 22.6 Å². The number of rotatable bonds is 4. The lowest BCUT2D eigenvalue weighted by molar-refractivity contribution is 0.100. The number of amides is 1. The van der Waals surface area contributed by atoms with Crippen molar-refractivity contribution in [3.8, 4) is 22.5 Å². The van der Waals surface area contributed by atoms with Crippen molar-refractivity contribution < 1.29 is 4.79 Å². The van der Waals surface area contributed by atoms with Gasteiger partial charge in [0.15, 0.2) is 0 Å². The number of nitrogens with two attached hydrogens (primary N) is 1. The largest absolute Gasteiger partial charge is 0.373 e. The molecule has 3 rings (SSSR count). The van der Waals surface area contributed by atoms with Crippen LogP contribution >= 0.6 is 0 Å². The van der Waals surface area contributed by atoms with Gasteiger partial charge in [-0.25, -0.2) is 9.97 Å². The van der Waals surface area contributed by atoms with Crippen LogP contribution in [0.1, 0.15) is 10.4 Å². The van der Waals surface area contributed by atoms with Gasteiger partial charge in [0.1, 0.15) is 12.1 Å². The predicted molar refractivity (Wildman–Crippen MR) is 85.3 cm³/mol. The Kier molecular flexibility index (Phi) is 3.57. The minimum Gasteiger partial charge on any atom is -0.373 e. The highest BCUT2D eigenvalue weighted by Gasteiger charge is 2.12. The number of anilines is 1. The molecule has 0 unspecified atom stereocenters. The number of hydrogen-bond acceptors (Lipinski definition) is 4. The third-order valence-electron chi connectivity index (χ3n) is 3.38. The van der Waals surface area contributed by atoms with Gasteiger partial charge < -0.3 is 16.0 Å². The van der Waals surface area contributed by atoms with Gasteiger partial charge in [0.2, 0.25) is 0 Å². The third-order valence-corrected chi connectivity index (χ3v) is 3.38. The standard InChI is InChI=1S/C16H15N5O/c1-18-14-8-13(20-9-21-14)10-3-2-4-11(7-10)15-12(16(17)22)5-6-19-15/h2-9,19H,1H3,(H2,17,22)(H,18,20,21). The monoisotopic (exact) mass is 293 g/mol. The molecule has 3 aromatic rings. The Hall–Kier alpha value is -3.15. The molecule has 1 amide bonds. The maximum Gasteiger partial charge on any atom is 0.250 e. The molecule has 0 radical (unpaired) electrons. The Morgan fingerprint density at radius 3 is 2.77 bits per heavy atom. The van der Waals surface area contributed by atoms with Gasteiger partial charge in [0.25, 0.3) is 5.91 Å². The molecular weight excluding hydrogens is 278 g/mol. The number of aromatic amines is 1. The molecule has 6 heteroatoms. The Balaban J connectivity index is 2.06. The molecular formula is C16H15N5O. The summed E-state index contributed by atoms with van der Waals surface area (Å²) in [4.78, 5) is 22.9. The number of hydrogen-bond donors (Lipinski definition) is 3. The number of aromatic nitrogens is 3. The summed E-state index contributed by atoms with van der Waals surface area (Å²) in [6.45, 7) is 0. The third kappa shape index (κ3) is 2.54. The smallest absolute Gasteiger partial charge is 0.250 e. The predicted octanol–water partition coefficient (Wildman–Crippen LogP) is 2.28. The molecule has 1 aromatic carbocycles. The molecule has 110 valence electrons. The van der Waals surface area contributed by atoms with E-state index in [2.05, 4.69) is 20.3 Å². The van der Waals surface area contributed by atoms with Crippen LogP contribution in [0, 0.1) is 0 Å². The second kappa shape index (κ2) is 5.69. The topological polar surface area (TPSA) is 96.7 Å². The summed E-state index contributed by atoms with van der Waals surface area (Å²) in [5.41, 5.74) is 9.18. The van der Waals surface area contributed by atoms with Crippen LogP contribution in [0.2, 0.25) is 0 Å². The summed E-state index contributed by atoms with van der Waals surface area (Å²) in [7, 11) is 1.81. The summed E-state index contributed by atoms with van der Waals surface area (Å²) < 4.78 is 0. The van der Waals surface area contributed by atoms with E-state index >= 15 is 0 Å². The second-order valence-corrected chi connectivity index (χ2v) is 4.75. The Morgan fingerprint density at radius 2 is 2.00 bits per heavy atom. The van der Waals surface area contributed by atoms with E-state index in [9.17, 15) is 4.79 Å². The van der Waals surface area contributed by atoms with E-state index in [1.54, 1.807) is 19.3 Å². The molecule has 2 aromatic heterocycles. The molecule has 0 bridgehead atoms. The summed E-state index contributed by atoms with van der Waals surface area (Å²) in [5.74, 6) is 0.286. The van der Waals surface area contributed by atoms with Gasteiger partial charge in [0, 0.05) is 24.9 Å². The lowest BCUT2D eigenvalue weighted by Gasteiger charge is -2.06. The molecule has 22 heavy (non-hydrogen) atoms. The second-order valence-electron chi connectivity index (χ2n) is 4.75. The van der Waals surface area contributed by atoms with Crippen LogP contribution < -0.4 is 11.1 Å². The fraction of sp³-hybridized carbons (Fsp3) is 0.0625. The van der Waals surface area contributed by atoms with Crippen molar-refractivity contribution in [3.63, 3.8) is 0 Å². The summed E-state index contributed by atoms with van der Waals surface area (Å²) in [5, 5.41) is 2.98. The molecule has 0 spiro atoms. The average Bonchev–Trinajstić information content (AvgIpc) is 3.05. The van der Waals surface area contributed by atoms with Crippen LogP contribution in [-0.2, 0) is 0 Å². The van der Waals surface area contributed by atoms with Crippen LogP contribution in [0.25, 0.3) is 22.5 Å². The highest BCUT2D eigenvalue weighted by Crippen LogP contribution is 2.27. The number of primary amides is 1. The zero-order valence-electron chi connectivity index (χ0n) is 12.0. The molecule has 0 aliphatic rings. The van der Waals surface area contributed by atoms with Crippen molar-refractivity contribution in [2.24, 2.45) is 5.73 Å². The number of benzene rings is 1. The first-order valence-corrected chi connectivity index (χ1v) is 6.77.